The summed E-state index contributed by atoms with van der Waals surface area (Å²) >= 11 is 6.34. The molecule has 0 aromatic carbocycles. The van der Waals surface area contributed by atoms with Crippen LogP contribution < -0.4 is 10.6 Å². The van der Waals surface area contributed by atoms with Crippen LogP contribution in [0.25, 0.3) is 0 Å². The van der Waals surface area contributed by atoms with Gasteiger partial charge in [0.2, 0.25) is 0 Å². The quantitative estimate of drug-likeness (QED) is 0.469. The number of halogens is 1. The van der Waals surface area contributed by atoms with Crippen LogP contribution in [-0.2, 0) is 6.42 Å². The Hall–Kier alpha value is -1.17. The number of carbonyl (C=O) groups is 1. The number of amides is 1. The Morgan fingerprint density at radius 3 is 2.45 bits per heavy atom. The highest BCUT2D eigenvalue weighted by atomic mass is 35.5. The first-order chi connectivity index (χ1) is 14.9. The number of hydrogen-bond acceptors (Lipinski definition) is 4. The van der Waals surface area contributed by atoms with E-state index in [0.717, 1.165) is 49.4 Å². The molecule has 1 amide bonds. The summed E-state index contributed by atoms with van der Waals surface area (Å²) in [6.45, 7) is 5.93. The summed E-state index contributed by atoms with van der Waals surface area (Å²) in [4.78, 5) is 17.4. The van der Waals surface area contributed by atoms with Gasteiger partial charge in [-0.2, -0.15) is 0 Å². The Kier molecular flexibility index (Phi) is 7.24. The lowest BCUT2D eigenvalue weighted by Crippen LogP contribution is -2.51. The van der Waals surface area contributed by atoms with Gasteiger partial charge in [-0.05, 0) is 93.1 Å². The van der Waals surface area contributed by atoms with E-state index in [1.807, 2.05) is 6.07 Å². The summed E-state index contributed by atoms with van der Waals surface area (Å²) in [6, 6.07) is 1.97. The number of aliphatic hydroxyl groups is 1. The van der Waals surface area contributed by atoms with E-state index in [1.165, 1.54) is 38.5 Å². The lowest BCUT2D eigenvalue weighted by atomic mass is 9.49. The number of aliphatic hydroxyl groups excluding tert-OH is 1. The first kappa shape index (κ1) is 23.0. The molecule has 3 N–H and O–H groups in total. The van der Waals surface area contributed by atoms with Crippen molar-refractivity contribution in [2.45, 2.75) is 71.3 Å². The molecule has 31 heavy (non-hydrogen) atoms. The number of nitrogens with zero attached hydrogens (tertiary/aromatic N) is 1. The fraction of sp³-hybridized carbons (Fsp3) is 0.760. The van der Waals surface area contributed by atoms with Crippen LogP contribution in [0, 0.1) is 29.1 Å². The van der Waals surface area contributed by atoms with Gasteiger partial charge < -0.3 is 15.7 Å². The summed E-state index contributed by atoms with van der Waals surface area (Å²) in [6.07, 6.45) is 11.4. The number of aryl methyl sites for hydroxylation is 1. The third-order valence-corrected chi connectivity index (χ3v) is 8.26. The van der Waals surface area contributed by atoms with Crippen LogP contribution in [0.1, 0.15) is 74.8 Å². The predicted octanol–water partition coefficient (Wildman–Crippen LogP) is 4.22. The second-order valence-electron chi connectivity index (χ2n) is 10.8. The molecule has 4 aliphatic carbocycles. The maximum absolute atomic E-state index is 13.0. The van der Waals surface area contributed by atoms with E-state index in [9.17, 15) is 9.90 Å². The maximum atomic E-state index is 13.0. The first-order valence-corrected chi connectivity index (χ1v) is 12.5. The van der Waals surface area contributed by atoms with Crippen molar-refractivity contribution < 1.29 is 9.90 Å². The number of aromatic nitrogens is 1. The van der Waals surface area contributed by atoms with Crippen molar-refractivity contribution in [1.29, 1.82) is 0 Å². The minimum atomic E-state index is -0.0670. The Morgan fingerprint density at radius 1 is 1.23 bits per heavy atom. The molecule has 4 aliphatic rings. The summed E-state index contributed by atoms with van der Waals surface area (Å²) < 4.78 is 0. The number of rotatable bonds is 10. The van der Waals surface area contributed by atoms with E-state index in [2.05, 4.69) is 29.5 Å². The van der Waals surface area contributed by atoms with Crippen molar-refractivity contribution in [1.82, 2.24) is 15.6 Å². The molecule has 4 saturated carbocycles. The summed E-state index contributed by atoms with van der Waals surface area (Å²) in [5.41, 5.74) is 1.74. The third-order valence-electron chi connectivity index (χ3n) is 7.96. The van der Waals surface area contributed by atoms with Crippen molar-refractivity contribution in [3.05, 3.63) is 28.5 Å². The highest BCUT2D eigenvalue weighted by molar-refractivity contribution is 6.33. The second-order valence-corrected chi connectivity index (χ2v) is 11.3. The van der Waals surface area contributed by atoms with E-state index >= 15 is 0 Å². The molecule has 5 nitrogen and oxygen atoms in total. The van der Waals surface area contributed by atoms with E-state index in [1.54, 1.807) is 6.20 Å². The lowest BCUT2D eigenvalue weighted by molar-refractivity contribution is -0.0503. The van der Waals surface area contributed by atoms with Gasteiger partial charge in [-0.15, -0.1) is 0 Å². The van der Waals surface area contributed by atoms with Crippen molar-refractivity contribution in [2.75, 3.05) is 19.7 Å². The van der Waals surface area contributed by atoms with Gasteiger partial charge in [0.05, 0.1) is 17.2 Å². The van der Waals surface area contributed by atoms with Gasteiger partial charge in [-0.25, -0.2) is 0 Å². The molecule has 1 aromatic heterocycles. The predicted molar refractivity (Wildman–Crippen MR) is 124 cm³/mol. The van der Waals surface area contributed by atoms with Gasteiger partial charge in [0.1, 0.15) is 0 Å². The number of hydrogen-bond donors (Lipinski definition) is 3. The van der Waals surface area contributed by atoms with E-state index in [4.69, 9.17) is 11.6 Å². The molecule has 1 aromatic rings. The summed E-state index contributed by atoms with van der Waals surface area (Å²) in [5, 5.41) is 16.5. The van der Waals surface area contributed by atoms with Crippen LogP contribution in [0.5, 0.6) is 0 Å². The largest absolute Gasteiger partial charge is 0.395 e. The Bertz CT molecular complexity index is 747. The normalized spacial score (nSPS) is 30.0. The minimum Gasteiger partial charge on any atom is -0.395 e. The molecule has 0 radical (unpaired) electrons. The van der Waals surface area contributed by atoms with Gasteiger partial charge in [-0.1, -0.05) is 25.4 Å². The SMILES string of the molecule is CC(C)C(CO)NCCCc1cc(C(=O)NCC23CC4CC(CC(C4)C2)C3)c(Cl)cn1. The zero-order valence-electron chi connectivity index (χ0n) is 19.0. The highest BCUT2D eigenvalue weighted by Gasteiger charge is 2.50. The number of carbonyl (C=O) groups excluding carboxylic acids is 1. The Balaban J connectivity index is 1.30. The van der Waals surface area contributed by atoms with Gasteiger partial charge in [-0.3, -0.25) is 9.78 Å². The topological polar surface area (TPSA) is 74.2 Å². The minimum absolute atomic E-state index is 0.0670. The Labute approximate surface area is 191 Å². The summed E-state index contributed by atoms with van der Waals surface area (Å²) in [7, 11) is 0. The zero-order chi connectivity index (χ0) is 22.0. The maximum Gasteiger partial charge on any atom is 0.252 e. The van der Waals surface area contributed by atoms with E-state index < -0.39 is 0 Å². The molecule has 172 valence electrons. The van der Waals surface area contributed by atoms with Gasteiger partial charge in [0.15, 0.2) is 0 Å². The zero-order valence-corrected chi connectivity index (χ0v) is 19.8. The molecule has 4 bridgehead atoms. The fourth-order valence-electron chi connectivity index (χ4n) is 6.73. The fourth-order valence-corrected chi connectivity index (χ4v) is 6.92. The molecular formula is C25H38ClN3O2. The van der Waals surface area contributed by atoms with Crippen LogP contribution in [0.4, 0.5) is 0 Å². The van der Waals surface area contributed by atoms with Crippen molar-refractivity contribution in [2.24, 2.45) is 29.1 Å². The van der Waals surface area contributed by atoms with Crippen LogP contribution in [0.3, 0.4) is 0 Å². The second kappa shape index (κ2) is 9.76. The molecular weight excluding hydrogens is 410 g/mol. The van der Waals surface area contributed by atoms with Gasteiger partial charge >= 0.3 is 0 Å². The average Bonchev–Trinajstić information content (AvgIpc) is 2.72. The highest BCUT2D eigenvalue weighted by Crippen LogP contribution is 2.59. The lowest BCUT2D eigenvalue weighted by Gasteiger charge is -2.56. The van der Waals surface area contributed by atoms with Gasteiger partial charge in [0, 0.05) is 24.5 Å². The monoisotopic (exact) mass is 447 g/mol. The molecule has 6 heteroatoms. The number of nitrogens with one attached hydrogen (secondary N) is 2. The molecule has 0 saturated heterocycles. The molecule has 4 fully saturated rings. The average molecular weight is 448 g/mol. The molecule has 1 atom stereocenters. The van der Waals surface area contributed by atoms with Crippen LogP contribution in [0.2, 0.25) is 5.02 Å². The van der Waals surface area contributed by atoms with Crippen LogP contribution in [-0.4, -0.2) is 41.7 Å². The van der Waals surface area contributed by atoms with Crippen LogP contribution in [0.15, 0.2) is 12.3 Å². The first-order valence-electron chi connectivity index (χ1n) is 12.1. The molecule has 1 heterocycles. The number of pyridine rings is 1. The third kappa shape index (κ3) is 5.43. The van der Waals surface area contributed by atoms with Crippen LogP contribution >= 0.6 is 11.6 Å². The van der Waals surface area contributed by atoms with Gasteiger partial charge in [0.25, 0.3) is 5.91 Å². The van der Waals surface area contributed by atoms with Crippen molar-refractivity contribution in [3.63, 3.8) is 0 Å². The molecule has 0 spiro atoms. The summed E-state index contributed by atoms with van der Waals surface area (Å²) in [5.74, 6) is 2.97. The van der Waals surface area contributed by atoms with E-state index in [-0.39, 0.29) is 18.6 Å². The molecule has 5 rings (SSSR count). The molecule has 0 aliphatic heterocycles. The molecule has 1 unspecified atom stereocenters. The van der Waals surface area contributed by atoms with Crippen molar-refractivity contribution >= 4 is 17.5 Å². The standard InChI is InChI=1S/C25H38ClN3O2/c1-16(2)23(14-30)27-5-3-4-20-9-21(22(26)13-28-20)24(31)29-15-25-10-17-6-18(11-25)8-19(7-17)12-25/h9,13,16-19,23,27,30H,3-8,10-12,14-15H2,1-2H3,(H,29,31). The smallest absolute Gasteiger partial charge is 0.252 e. The van der Waals surface area contributed by atoms with E-state index in [0.29, 0.717) is 21.9 Å². The van der Waals surface area contributed by atoms with Crippen molar-refractivity contribution in [3.8, 4) is 0 Å². The Morgan fingerprint density at radius 2 is 1.87 bits per heavy atom.